The van der Waals surface area contributed by atoms with Crippen molar-refractivity contribution < 1.29 is 9.53 Å². The number of hydrogen-bond acceptors (Lipinski definition) is 3. The summed E-state index contributed by atoms with van der Waals surface area (Å²) in [7, 11) is 1.59. The second-order valence-electron chi connectivity index (χ2n) is 6.64. The minimum atomic E-state index is -0.267. The van der Waals surface area contributed by atoms with E-state index in [9.17, 15) is 4.79 Å². The Balaban J connectivity index is 1.53. The molecule has 1 amide bonds. The van der Waals surface area contributed by atoms with Crippen LogP contribution in [0.5, 0.6) is 5.75 Å². The molecule has 4 rings (SSSR count). The lowest BCUT2D eigenvalue weighted by atomic mass is 10.2. The molecule has 0 fully saturated rings. The average molecular weight is 383 g/mol. The highest BCUT2D eigenvalue weighted by Gasteiger charge is 2.08. The Bertz CT molecular complexity index is 1150. The number of para-hydroxylation sites is 1. The van der Waals surface area contributed by atoms with Gasteiger partial charge in [0.15, 0.2) is 0 Å². The van der Waals surface area contributed by atoms with Crippen molar-refractivity contribution in [2.75, 3.05) is 7.11 Å². The largest absolute Gasteiger partial charge is 0.497 e. The van der Waals surface area contributed by atoms with E-state index in [2.05, 4.69) is 45.6 Å². The summed E-state index contributed by atoms with van der Waals surface area (Å²) < 4.78 is 7.30. The van der Waals surface area contributed by atoms with Crippen molar-refractivity contribution in [3.05, 3.63) is 102 Å². The van der Waals surface area contributed by atoms with Gasteiger partial charge in [0.1, 0.15) is 5.75 Å². The van der Waals surface area contributed by atoms with Gasteiger partial charge >= 0.3 is 0 Å². The molecule has 5 heteroatoms. The molecule has 0 aliphatic rings. The molecule has 144 valence electrons. The Morgan fingerprint density at radius 3 is 2.48 bits per heavy atom. The fourth-order valence-corrected chi connectivity index (χ4v) is 3.26. The number of hydrogen-bond donors (Lipinski definition) is 1. The van der Waals surface area contributed by atoms with Crippen LogP contribution in [0.2, 0.25) is 0 Å². The summed E-state index contributed by atoms with van der Waals surface area (Å²) in [6.45, 7) is 0.771. The molecule has 0 aliphatic heterocycles. The summed E-state index contributed by atoms with van der Waals surface area (Å²) in [5.41, 5.74) is 6.41. The highest BCUT2D eigenvalue weighted by Crippen LogP contribution is 2.21. The third-order valence-electron chi connectivity index (χ3n) is 4.74. The Labute approximate surface area is 169 Å². The van der Waals surface area contributed by atoms with Gasteiger partial charge in [0, 0.05) is 34.8 Å². The maximum Gasteiger partial charge on any atom is 0.271 e. The fraction of sp³-hybridized carbons (Fsp3) is 0.0833. The van der Waals surface area contributed by atoms with Crippen molar-refractivity contribution in [3.63, 3.8) is 0 Å². The molecule has 29 heavy (non-hydrogen) atoms. The summed E-state index contributed by atoms with van der Waals surface area (Å²) in [6.07, 6.45) is 3.74. The first-order chi connectivity index (χ1) is 14.2. The Hall–Kier alpha value is -3.86. The molecule has 0 aliphatic carbocycles. The molecular weight excluding hydrogens is 362 g/mol. The number of benzene rings is 3. The van der Waals surface area contributed by atoms with E-state index in [1.807, 2.05) is 30.3 Å². The van der Waals surface area contributed by atoms with Crippen molar-refractivity contribution >= 4 is 23.0 Å². The van der Waals surface area contributed by atoms with Gasteiger partial charge in [-0.3, -0.25) is 4.79 Å². The summed E-state index contributed by atoms with van der Waals surface area (Å²) >= 11 is 0. The normalized spacial score (nSPS) is 11.1. The SMILES string of the molecule is COc1ccc(C(=O)NN=Cc2cn(Cc3ccccc3)c3ccccc23)cc1. The van der Waals surface area contributed by atoms with Gasteiger partial charge in [-0.15, -0.1) is 0 Å². The van der Waals surface area contributed by atoms with E-state index in [1.54, 1.807) is 37.6 Å². The summed E-state index contributed by atoms with van der Waals surface area (Å²) in [5.74, 6) is 0.438. The zero-order valence-corrected chi connectivity index (χ0v) is 16.1. The van der Waals surface area contributed by atoms with Gasteiger partial charge in [-0.2, -0.15) is 5.10 Å². The molecule has 0 unspecified atom stereocenters. The predicted octanol–water partition coefficient (Wildman–Crippen LogP) is 4.46. The summed E-state index contributed by atoms with van der Waals surface area (Å²) in [6, 6.07) is 25.4. The number of fused-ring (bicyclic) bond motifs is 1. The van der Waals surface area contributed by atoms with Crippen molar-refractivity contribution in [3.8, 4) is 5.75 Å². The molecule has 3 aromatic carbocycles. The molecule has 1 aromatic heterocycles. The van der Waals surface area contributed by atoms with E-state index in [4.69, 9.17) is 4.74 Å². The van der Waals surface area contributed by atoms with Crippen molar-refractivity contribution in [1.82, 2.24) is 9.99 Å². The maximum atomic E-state index is 12.3. The monoisotopic (exact) mass is 383 g/mol. The van der Waals surface area contributed by atoms with Gasteiger partial charge in [0.2, 0.25) is 0 Å². The topological polar surface area (TPSA) is 55.6 Å². The number of ether oxygens (including phenoxy) is 1. The fourth-order valence-electron chi connectivity index (χ4n) is 3.26. The van der Waals surface area contributed by atoms with E-state index >= 15 is 0 Å². The molecule has 0 bridgehead atoms. The first kappa shape index (κ1) is 18.5. The number of carbonyl (C=O) groups is 1. The molecule has 1 N–H and O–H groups in total. The van der Waals surface area contributed by atoms with Crippen LogP contribution in [0.1, 0.15) is 21.5 Å². The van der Waals surface area contributed by atoms with Gasteiger partial charge in [-0.1, -0.05) is 48.5 Å². The molecule has 5 nitrogen and oxygen atoms in total. The first-order valence-corrected chi connectivity index (χ1v) is 9.34. The number of hydrazone groups is 1. The van der Waals surface area contributed by atoms with Crippen LogP contribution < -0.4 is 10.2 Å². The molecule has 0 saturated heterocycles. The number of carbonyl (C=O) groups excluding carboxylic acids is 1. The molecule has 0 spiro atoms. The standard InChI is InChI=1S/C24H21N3O2/c1-29-21-13-11-19(12-14-21)24(28)26-25-15-20-17-27(16-18-7-3-2-4-8-18)23-10-6-5-9-22(20)23/h2-15,17H,16H2,1H3,(H,26,28). The van der Waals surface area contributed by atoms with Gasteiger partial charge in [-0.05, 0) is 35.9 Å². The predicted molar refractivity (Wildman–Crippen MR) is 116 cm³/mol. The van der Waals surface area contributed by atoms with E-state index in [-0.39, 0.29) is 5.91 Å². The van der Waals surface area contributed by atoms with Crippen LogP contribution in [0.15, 0.2) is 90.2 Å². The van der Waals surface area contributed by atoms with Crippen LogP contribution in [0, 0.1) is 0 Å². The second-order valence-corrected chi connectivity index (χ2v) is 6.64. The number of aromatic nitrogens is 1. The average Bonchev–Trinajstić information content (AvgIpc) is 3.12. The lowest BCUT2D eigenvalue weighted by Gasteiger charge is -2.05. The molecular formula is C24H21N3O2. The quantitative estimate of drug-likeness (QED) is 0.395. The van der Waals surface area contributed by atoms with E-state index in [0.717, 1.165) is 23.0 Å². The number of methoxy groups -OCH3 is 1. The smallest absolute Gasteiger partial charge is 0.271 e. The zero-order chi connectivity index (χ0) is 20.1. The van der Waals surface area contributed by atoms with Gasteiger partial charge in [0.05, 0.1) is 13.3 Å². The van der Waals surface area contributed by atoms with Crippen molar-refractivity contribution in [1.29, 1.82) is 0 Å². The lowest BCUT2D eigenvalue weighted by Crippen LogP contribution is -2.17. The minimum Gasteiger partial charge on any atom is -0.497 e. The molecule has 1 heterocycles. The molecule has 4 aromatic rings. The Kier molecular flexibility index (Phi) is 5.38. The van der Waals surface area contributed by atoms with E-state index in [1.165, 1.54) is 5.56 Å². The van der Waals surface area contributed by atoms with Gasteiger partial charge in [0.25, 0.3) is 5.91 Å². The van der Waals surface area contributed by atoms with Crippen LogP contribution in [0.3, 0.4) is 0 Å². The van der Waals surface area contributed by atoms with Crippen molar-refractivity contribution in [2.24, 2.45) is 5.10 Å². The first-order valence-electron chi connectivity index (χ1n) is 9.34. The summed E-state index contributed by atoms with van der Waals surface area (Å²) in [4.78, 5) is 12.3. The van der Waals surface area contributed by atoms with Crippen LogP contribution in [0.4, 0.5) is 0 Å². The van der Waals surface area contributed by atoms with Crippen LogP contribution >= 0.6 is 0 Å². The summed E-state index contributed by atoms with van der Waals surface area (Å²) in [5, 5.41) is 5.25. The van der Waals surface area contributed by atoms with Crippen LogP contribution in [0.25, 0.3) is 10.9 Å². The lowest BCUT2D eigenvalue weighted by molar-refractivity contribution is 0.0955. The third kappa shape index (κ3) is 4.19. The number of nitrogens with zero attached hydrogens (tertiary/aromatic N) is 2. The third-order valence-corrected chi connectivity index (χ3v) is 4.74. The molecule has 0 atom stereocenters. The number of rotatable bonds is 6. The second kappa shape index (κ2) is 8.44. The van der Waals surface area contributed by atoms with E-state index < -0.39 is 0 Å². The van der Waals surface area contributed by atoms with Gasteiger partial charge in [-0.25, -0.2) is 5.43 Å². The molecule has 0 saturated carbocycles. The number of nitrogens with one attached hydrogen (secondary N) is 1. The Morgan fingerprint density at radius 1 is 1.00 bits per heavy atom. The van der Waals surface area contributed by atoms with Gasteiger partial charge < -0.3 is 9.30 Å². The Morgan fingerprint density at radius 2 is 1.72 bits per heavy atom. The molecule has 0 radical (unpaired) electrons. The van der Waals surface area contributed by atoms with E-state index in [0.29, 0.717) is 11.3 Å². The maximum absolute atomic E-state index is 12.3. The zero-order valence-electron chi connectivity index (χ0n) is 16.1. The number of amides is 1. The van der Waals surface area contributed by atoms with Crippen molar-refractivity contribution in [2.45, 2.75) is 6.54 Å². The van der Waals surface area contributed by atoms with Crippen LogP contribution in [-0.2, 0) is 6.54 Å². The highest BCUT2D eigenvalue weighted by atomic mass is 16.5. The highest BCUT2D eigenvalue weighted by molar-refractivity contribution is 6.00. The van der Waals surface area contributed by atoms with Crippen LogP contribution in [-0.4, -0.2) is 23.8 Å². The minimum absolute atomic E-state index is 0.267.